The van der Waals surface area contributed by atoms with Crippen LogP contribution < -0.4 is 5.56 Å². The van der Waals surface area contributed by atoms with E-state index in [0.717, 1.165) is 4.57 Å². The number of nitro benzene ring substituents is 1. The van der Waals surface area contributed by atoms with Crippen LogP contribution in [0.1, 0.15) is 0 Å². The summed E-state index contributed by atoms with van der Waals surface area (Å²) in [5.74, 6) is -0.265. The molecule has 0 saturated carbocycles. The summed E-state index contributed by atoms with van der Waals surface area (Å²) >= 11 is 0. The maximum Gasteiger partial charge on any atom is 0.270 e. The van der Waals surface area contributed by atoms with Crippen LogP contribution in [-0.4, -0.2) is 39.4 Å². The third-order valence-corrected chi connectivity index (χ3v) is 2.82. The summed E-state index contributed by atoms with van der Waals surface area (Å²) in [4.78, 5) is 39.3. The number of hydrogen-bond acceptors (Lipinski definition) is 5. The van der Waals surface area contributed by atoms with E-state index in [1.165, 1.54) is 29.4 Å². The highest BCUT2D eigenvalue weighted by Crippen LogP contribution is 2.16. The fraction of sp³-hybridized carbons (Fsp3) is 0.250. The molecule has 0 aliphatic rings. The van der Waals surface area contributed by atoms with Gasteiger partial charge in [0.25, 0.3) is 11.2 Å². The van der Waals surface area contributed by atoms with Gasteiger partial charge in [-0.25, -0.2) is 4.98 Å². The summed E-state index contributed by atoms with van der Waals surface area (Å²) in [6, 6.07) is 3.86. The van der Waals surface area contributed by atoms with E-state index in [1.54, 1.807) is 14.1 Å². The topological polar surface area (TPSA) is 98.3 Å². The molecular formula is C12H12N4O4. The number of nitro groups is 1. The number of non-ortho nitro benzene ring substituents is 1. The van der Waals surface area contributed by atoms with Gasteiger partial charge in [0.05, 0.1) is 22.2 Å². The average molecular weight is 276 g/mol. The Balaban J connectivity index is 2.54. The highest BCUT2D eigenvalue weighted by molar-refractivity contribution is 5.80. The van der Waals surface area contributed by atoms with Crippen LogP contribution in [0.5, 0.6) is 0 Å². The molecule has 1 heterocycles. The minimum absolute atomic E-state index is 0.119. The van der Waals surface area contributed by atoms with Gasteiger partial charge in [0.2, 0.25) is 5.91 Å². The first-order chi connectivity index (χ1) is 9.40. The van der Waals surface area contributed by atoms with E-state index in [4.69, 9.17) is 0 Å². The molecule has 1 aromatic carbocycles. The van der Waals surface area contributed by atoms with Gasteiger partial charge in [-0.1, -0.05) is 0 Å². The maximum absolute atomic E-state index is 12.2. The van der Waals surface area contributed by atoms with E-state index < -0.39 is 10.5 Å². The number of amides is 1. The van der Waals surface area contributed by atoms with Crippen molar-refractivity contribution in [2.24, 2.45) is 0 Å². The number of fused-ring (bicyclic) bond motifs is 1. The first-order valence-electron chi connectivity index (χ1n) is 5.74. The van der Waals surface area contributed by atoms with Gasteiger partial charge in [0, 0.05) is 26.2 Å². The van der Waals surface area contributed by atoms with Gasteiger partial charge in [0.15, 0.2) is 0 Å². The number of aromatic nitrogens is 2. The van der Waals surface area contributed by atoms with Gasteiger partial charge in [0.1, 0.15) is 6.54 Å². The molecule has 0 aliphatic heterocycles. The van der Waals surface area contributed by atoms with Crippen molar-refractivity contribution in [3.63, 3.8) is 0 Å². The summed E-state index contributed by atoms with van der Waals surface area (Å²) in [5, 5.41) is 10.8. The van der Waals surface area contributed by atoms with E-state index >= 15 is 0 Å². The molecule has 1 amide bonds. The third-order valence-electron chi connectivity index (χ3n) is 2.82. The Labute approximate surface area is 113 Å². The smallest absolute Gasteiger partial charge is 0.270 e. The molecule has 2 rings (SSSR count). The van der Waals surface area contributed by atoms with Crippen LogP contribution in [0.15, 0.2) is 29.3 Å². The number of rotatable bonds is 3. The molecule has 0 spiro atoms. The van der Waals surface area contributed by atoms with Crippen molar-refractivity contribution in [3.8, 4) is 0 Å². The SMILES string of the molecule is CN(C)C(=O)Cn1cnc2ccc([N+](=O)[O-])cc2c1=O. The third kappa shape index (κ3) is 2.48. The van der Waals surface area contributed by atoms with Crippen LogP contribution in [0, 0.1) is 10.1 Å². The van der Waals surface area contributed by atoms with Gasteiger partial charge in [-0.15, -0.1) is 0 Å². The molecule has 0 bridgehead atoms. The number of likely N-dealkylation sites (N-methyl/N-ethyl adjacent to an activating group) is 1. The Morgan fingerprint density at radius 1 is 1.45 bits per heavy atom. The first-order valence-corrected chi connectivity index (χ1v) is 5.74. The molecule has 0 fully saturated rings. The molecule has 0 saturated heterocycles. The first kappa shape index (κ1) is 13.7. The number of hydrogen-bond donors (Lipinski definition) is 0. The van der Waals surface area contributed by atoms with Gasteiger partial charge in [-0.2, -0.15) is 0 Å². The Bertz CT molecular complexity index is 751. The van der Waals surface area contributed by atoms with Crippen LogP contribution in [0.3, 0.4) is 0 Å². The zero-order valence-electron chi connectivity index (χ0n) is 10.9. The Hall–Kier alpha value is -2.77. The lowest BCUT2D eigenvalue weighted by molar-refractivity contribution is -0.384. The molecule has 0 N–H and O–H groups in total. The number of benzene rings is 1. The number of carbonyl (C=O) groups is 1. The van der Waals surface area contributed by atoms with E-state index in [0.29, 0.717) is 5.52 Å². The quantitative estimate of drug-likeness (QED) is 0.596. The summed E-state index contributed by atoms with van der Waals surface area (Å²) < 4.78 is 1.13. The van der Waals surface area contributed by atoms with E-state index in [-0.39, 0.29) is 23.5 Å². The molecule has 0 aliphatic carbocycles. The van der Waals surface area contributed by atoms with Crippen molar-refractivity contribution < 1.29 is 9.72 Å². The lowest BCUT2D eigenvalue weighted by Crippen LogP contribution is -2.31. The van der Waals surface area contributed by atoms with Crippen LogP contribution in [0.4, 0.5) is 5.69 Å². The molecule has 0 atom stereocenters. The van der Waals surface area contributed by atoms with Crippen LogP contribution in [-0.2, 0) is 11.3 Å². The van der Waals surface area contributed by atoms with Crippen molar-refractivity contribution in [3.05, 3.63) is 45.0 Å². The van der Waals surface area contributed by atoms with Gasteiger partial charge < -0.3 is 4.90 Å². The Morgan fingerprint density at radius 2 is 2.15 bits per heavy atom. The van der Waals surface area contributed by atoms with Gasteiger partial charge in [-0.3, -0.25) is 24.3 Å². The summed E-state index contributed by atoms with van der Waals surface area (Å²) in [5.41, 5.74) is -0.309. The Kier molecular flexibility index (Phi) is 3.47. The fourth-order valence-electron chi connectivity index (χ4n) is 1.66. The van der Waals surface area contributed by atoms with Crippen LogP contribution in [0.25, 0.3) is 10.9 Å². The van der Waals surface area contributed by atoms with Crippen molar-refractivity contribution in [1.82, 2.24) is 14.5 Å². The molecule has 8 nitrogen and oxygen atoms in total. The van der Waals surface area contributed by atoms with Crippen LogP contribution in [0.2, 0.25) is 0 Å². The maximum atomic E-state index is 12.2. The standard InChI is InChI=1S/C12H12N4O4/c1-14(2)11(17)6-15-7-13-10-4-3-8(16(19)20)5-9(10)12(15)18/h3-5,7H,6H2,1-2H3. The molecule has 0 radical (unpaired) electrons. The van der Waals surface area contributed by atoms with E-state index in [2.05, 4.69) is 4.98 Å². The normalized spacial score (nSPS) is 10.5. The lowest BCUT2D eigenvalue weighted by Gasteiger charge is -2.11. The van der Waals surface area contributed by atoms with Crippen LogP contribution >= 0.6 is 0 Å². The van der Waals surface area contributed by atoms with Gasteiger partial charge in [-0.05, 0) is 6.07 Å². The average Bonchev–Trinajstić information content (AvgIpc) is 2.41. The van der Waals surface area contributed by atoms with Crippen molar-refractivity contribution in [2.75, 3.05) is 14.1 Å². The molecule has 0 unspecified atom stereocenters. The second-order valence-electron chi connectivity index (χ2n) is 4.42. The zero-order valence-corrected chi connectivity index (χ0v) is 10.9. The second kappa shape index (κ2) is 5.08. The molecule has 104 valence electrons. The predicted octanol–water partition coefficient (Wildman–Crippen LogP) is 0.393. The minimum Gasteiger partial charge on any atom is -0.347 e. The largest absolute Gasteiger partial charge is 0.347 e. The molecule has 1 aromatic heterocycles. The van der Waals surface area contributed by atoms with E-state index in [1.807, 2.05) is 0 Å². The van der Waals surface area contributed by atoms with Gasteiger partial charge >= 0.3 is 0 Å². The van der Waals surface area contributed by atoms with E-state index in [9.17, 15) is 19.7 Å². The predicted molar refractivity (Wildman–Crippen MR) is 71.4 cm³/mol. The molecule has 20 heavy (non-hydrogen) atoms. The van der Waals surface area contributed by atoms with Crippen molar-refractivity contribution >= 4 is 22.5 Å². The van der Waals surface area contributed by atoms with Crippen molar-refractivity contribution in [2.45, 2.75) is 6.54 Å². The molecular weight excluding hydrogens is 264 g/mol. The number of nitrogens with zero attached hydrogens (tertiary/aromatic N) is 4. The monoisotopic (exact) mass is 276 g/mol. The minimum atomic E-state index is -0.582. The summed E-state index contributed by atoms with van der Waals surface area (Å²) in [7, 11) is 3.15. The summed E-state index contributed by atoms with van der Waals surface area (Å²) in [6.45, 7) is -0.155. The molecule has 2 aromatic rings. The number of carbonyl (C=O) groups excluding carboxylic acids is 1. The zero-order chi connectivity index (χ0) is 14.9. The summed E-state index contributed by atoms with van der Waals surface area (Å²) in [6.07, 6.45) is 1.26. The lowest BCUT2D eigenvalue weighted by atomic mass is 10.2. The second-order valence-corrected chi connectivity index (χ2v) is 4.42. The fourth-order valence-corrected chi connectivity index (χ4v) is 1.66. The highest BCUT2D eigenvalue weighted by Gasteiger charge is 2.12. The molecule has 8 heteroatoms. The highest BCUT2D eigenvalue weighted by atomic mass is 16.6. The Morgan fingerprint density at radius 3 is 2.75 bits per heavy atom. The van der Waals surface area contributed by atoms with Crippen molar-refractivity contribution in [1.29, 1.82) is 0 Å².